The number of rotatable bonds is 4. The molecule has 0 bridgehead atoms. The molecular weight excluding hydrogens is 328 g/mol. The topological polar surface area (TPSA) is 71.3 Å². The highest BCUT2D eigenvalue weighted by Crippen LogP contribution is 2.25. The van der Waals surface area contributed by atoms with E-state index < -0.39 is 0 Å². The second-order valence-corrected chi connectivity index (χ2v) is 7.98. The number of urea groups is 1. The van der Waals surface area contributed by atoms with Crippen molar-refractivity contribution in [1.29, 1.82) is 0 Å². The minimum absolute atomic E-state index is 0.0659. The van der Waals surface area contributed by atoms with Gasteiger partial charge in [0.2, 0.25) is 11.7 Å². The molecule has 0 atom stereocenters. The number of hydrogen-bond acceptors (Lipinski definition) is 4. The van der Waals surface area contributed by atoms with Crippen LogP contribution in [-0.2, 0) is 6.54 Å². The van der Waals surface area contributed by atoms with E-state index in [1.54, 1.807) is 0 Å². The van der Waals surface area contributed by atoms with Gasteiger partial charge in [-0.3, -0.25) is 0 Å². The molecule has 1 fully saturated rings. The monoisotopic (exact) mass is 356 g/mol. The fourth-order valence-electron chi connectivity index (χ4n) is 3.32. The Bertz CT molecular complexity index is 715. The maximum absolute atomic E-state index is 12.9. The molecule has 1 saturated carbocycles. The lowest BCUT2D eigenvalue weighted by molar-refractivity contribution is 0.134. The molecule has 0 spiro atoms. The molecule has 0 aliphatic heterocycles. The third-order valence-electron chi connectivity index (χ3n) is 4.56. The standard InChI is InChI=1S/C20H28N4O2/c1-20(2,3)22-19(25)24(16-12-8-5-9-13-16)14-17-21-18(23-26-17)15-10-6-4-7-11-15/h4,6-7,10-11,16H,5,8-9,12-14H2,1-3H3,(H,22,25). The summed E-state index contributed by atoms with van der Waals surface area (Å²) in [6, 6.07) is 9.88. The van der Waals surface area contributed by atoms with Crippen LogP contribution < -0.4 is 5.32 Å². The maximum atomic E-state index is 12.9. The third kappa shape index (κ3) is 4.84. The first kappa shape index (κ1) is 18.4. The molecule has 3 rings (SSSR count). The summed E-state index contributed by atoms with van der Waals surface area (Å²) in [5.74, 6) is 1.03. The van der Waals surface area contributed by atoms with Crippen molar-refractivity contribution in [2.24, 2.45) is 0 Å². The van der Waals surface area contributed by atoms with Crippen molar-refractivity contribution in [2.75, 3.05) is 0 Å². The van der Waals surface area contributed by atoms with Crippen LogP contribution >= 0.6 is 0 Å². The summed E-state index contributed by atoms with van der Waals surface area (Å²) < 4.78 is 5.44. The van der Waals surface area contributed by atoms with Crippen LogP contribution in [0.5, 0.6) is 0 Å². The maximum Gasteiger partial charge on any atom is 0.318 e. The highest BCUT2D eigenvalue weighted by molar-refractivity contribution is 5.75. The predicted octanol–water partition coefficient (Wildman–Crippen LogP) is 4.38. The molecule has 6 nitrogen and oxygen atoms in total. The normalized spacial score (nSPS) is 15.7. The van der Waals surface area contributed by atoms with E-state index in [9.17, 15) is 4.79 Å². The van der Waals surface area contributed by atoms with Gasteiger partial charge in [-0.05, 0) is 33.6 Å². The van der Waals surface area contributed by atoms with Crippen molar-refractivity contribution in [2.45, 2.75) is 71.0 Å². The number of amides is 2. The number of benzene rings is 1. The van der Waals surface area contributed by atoms with Gasteiger partial charge in [-0.15, -0.1) is 0 Å². The summed E-state index contributed by atoms with van der Waals surface area (Å²) >= 11 is 0. The van der Waals surface area contributed by atoms with E-state index in [-0.39, 0.29) is 17.6 Å². The molecule has 1 heterocycles. The van der Waals surface area contributed by atoms with Crippen LogP contribution in [0.1, 0.15) is 58.8 Å². The number of carbonyl (C=O) groups excluding carboxylic acids is 1. The zero-order chi connectivity index (χ0) is 18.6. The third-order valence-corrected chi connectivity index (χ3v) is 4.56. The lowest BCUT2D eigenvalue weighted by Crippen LogP contribution is -2.52. The lowest BCUT2D eigenvalue weighted by Gasteiger charge is -2.35. The van der Waals surface area contributed by atoms with Crippen molar-refractivity contribution in [1.82, 2.24) is 20.4 Å². The molecule has 2 aromatic rings. The van der Waals surface area contributed by atoms with Crippen LogP contribution in [0.15, 0.2) is 34.9 Å². The summed E-state index contributed by atoms with van der Waals surface area (Å²) in [6.45, 7) is 6.31. The predicted molar refractivity (Wildman–Crippen MR) is 100 cm³/mol. The molecule has 1 aliphatic rings. The molecule has 1 N–H and O–H groups in total. The summed E-state index contributed by atoms with van der Waals surface area (Å²) in [6.07, 6.45) is 5.60. The van der Waals surface area contributed by atoms with Gasteiger partial charge >= 0.3 is 6.03 Å². The molecule has 26 heavy (non-hydrogen) atoms. The Morgan fingerprint density at radius 1 is 1.19 bits per heavy atom. The minimum Gasteiger partial charge on any atom is -0.337 e. The van der Waals surface area contributed by atoms with Crippen molar-refractivity contribution in [3.05, 3.63) is 36.2 Å². The summed E-state index contributed by atoms with van der Waals surface area (Å²) in [7, 11) is 0. The molecule has 0 unspecified atom stereocenters. The number of hydrogen-bond donors (Lipinski definition) is 1. The van der Waals surface area contributed by atoms with Gasteiger partial charge in [-0.25, -0.2) is 4.79 Å². The average Bonchev–Trinajstić information content (AvgIpc) is 3.08. The second kappa shape index (κ2) is 7.89. The van der Waals surface area contributed by atoms with Gasteiger partial charge in [0.15, 0.2) is 0 Å². The van der Waals surface area contributed by atoms with E-state index in [0.717, 1.165) is 31.2 Å². The van der Waals surface area contributed by atoms with E-state index >= 15 is 0 Å². The number of nitrogens with one attached hydrogen (secondary N) is 1. The summed E-state index contributed by atoms with van der Waals surface area (Å²) in [5.41, 5.74) is 0.625. The fourth-order valence-corrected chi connectivity index (χ4v) is 3.32. The smallest absolute Gasteiger partial charge is 0.318 e. The molecule has 1 aromatic carbocycles. The van der Waals surface area contributed by atoms with Crippen molar-refractivity contribution < 1.29 is 9.32 Å². The fraction of sp³-hybridized carbons (Fsp3) is 0.550. The van der Waals surface area contributed by atoms with Crippen LogP contribution in [0.3, 0.4) is 0 Å². The van der Waals surface area contributed by atoms with Gasteiger partial charge in [-0.2, -0.15) is 4.98 Å². The van der Waals surface area contributed by atoms with Crippen LogP contribution in [0, 0.1) is 0 Å². The van der Waals surface area contributed by atoms with Gasteiger partial charge in [-0.1, -0.05) is 54.8 Å². The number of nitrogens with zero attached hydrogens (tertiary/aromatic N) is 3. The van der Waals surface area contributed by atoms with E-state index in [0.29, 0.717) is 18.3 Å². The largest absolute Gasteiger partial charge is 0.337 e. The first-order chi connectivity index (χ1) is 12.4. The van der Waals surface area contributed by atoms with Crippen LogP contribution in [0.4, 0.5) is 4.79 Å². The number of aromatic nitrogens is 2. The van der Waals surface area contributed by atoms with Gasteiger partial charge in [0, 0.05) is 17.1 Å². The van der Waals surface area contributed by atoms with E-state index in [1.807, 2.05) is 56.0 Å². The molecule has 0 radical (unpaired) electrons. The Balaban J connectivity index is 1.77. The first-order valence-corrected chi connectivity index (χ1v) is 9.39. The molecule has 0 saturated heterocycles. The second-order valence-electron chi connectivity index (χ2n) is 7.98. The van der Waals surface area contributed by atoms with Crippen molar-refractivity contribution in [3.8, 4) is 11.4 Å². The highest BCUT2D eigenvalue weighted by Gasteiger charge is 2.29. The van der Waals surface area contributed by atoms with Crippen LogP contribution in [0.2, 0.25) is 0 Å². The highest BCUT2D eigenvalue weighted by atomic mass is 16.5. The first-order valence-electron chi connectivity index (χ1n) is 9.39. The van der Waals surface area contributed by atoms with Gasteiger partial charge in [0.05, 0.1) is 0 Å². The van der Waals surface area contributed by atoms with Crippen LogP contribution in [-0.4, -0.2) is 32.7 Å². The van der Waals surface area contributed by atoms with Gasteiger partial charge < -0.3 is 14.7 Å². The Morgan fingerprint density at radius 2 is 1.88 bits per heavy atom. The summed E-state index contributed by atoms with van der Waals surface area (Å²) in [4.78, 5) is 19.2. The number of carbonyl (C=O) groups is 1. The molecule has 140 valence electrons. The van der Waals surface area contributed by atoms with E-state index in [1.165, 1.54) is 6.42 Å². The minimum atomic E-state index is -0.284. The zero-order valence-electron chi connectivity index (χ0n) is 15.9. The van der Waals surface area contributed by atoms with Crippen LogP contribution in [0.25, 0.3) is 11.4 Å². The molecule has 1 aromatic heterocycles. The van der Waals surface area contributed by atoms with E-state index in [2.05, 4.69) is 15.5 Å². The van der Waals surface area contributed by atoms with Gasteiger partial charge in [0.25, 0.3) is 0 Å². The Hall–Kier alpha value is -2.37. The zero-order valence-corrected chi connectivity index (χ0v) is 15.9. The van der Waals surface area contributed by atoms with E-state index in [4.69, 9.17) is 4.52 Å². The molecule has 1 aliphatic carbocycles. The van der Waals surface area contributed by atoms with Crippen molar-refractivity contribution in [3.63, 3.8) is 0 Å². The SMILES string of the molecule is CC(C)(C)NC(=O)N(Cc1nc(-c2ccccc2)no1)C1CCCCC1. The van der Waals surface area contributed by atoms with Crippen molar-refractivity contribution >= 4 is 6.03 Å². The Morgan fingerprint density at radius 3 is 2.54 bits per heavy atom. The molecule has 2 amide bonds. The lowest BCUT2D eigenvalue weighted by atomic mass is 9.94. The van der Waals surface area contributed by atoms with Gasteiger partial charge in [0.1, 0.15) is 6.54 Å². The Labute approximate surface area is 155 Å². The Kier molecular flexibility index (Phi) is 5.59. The summed E-state index contributed by atoms with van der Waals surface area (Å²) in [5, 5.41) is 7.15. The molecule has 6 heteroatoms. The quantitative estimate of drug-likeness (QED) is 0.882. The average molecular weight is 356 g/mol. The molecular formula is C20H28N4O2.